The highest BCUT2D eigenvalue weighted by molar-refractivity contribution is 7.07. The smallest absolute Gasteiger partial charge is 0.318 e. The quantitative estimate of drug-likeness (QED) is 0.922. The lowest BCUT2D eigenvalue weighted by atomic mass is 10.2. The normalized spacial score (nSPS) is 14.0. The maximum Gasteiger partial charge on any atom is 0.318 e. The number of nitrogens with zero attached hydrogens (tertiary/aromatic N) is 2. The Kier molecular flexibility index (Phi) is 4.15. The van der Waals surface area contributed by atoms with Gasteiger partial charge in [-0.2, -0.15) is 0 Å². The fourth-order valence-corrected chi connectivity index (χ4v) is 2.71. The van der Waals surface area contributed by atoms with Crippen molar-refractivity contribution in [1.29, 1.82) is 0 Å². The molecule has 1 aliphatic carbocycles. The fourth-order valence-electron chi connectivity index (χ4n) is 2.16. The molecule has 0 bridgehead atoms. The third-order valence-corrected chi connectivity index (χ3v) is 4.09. The van der Waals surface area contributed by atoms with E-state index in [-0.39, 0.29) is 17.9 Å². The van der Waals surface area contributed by atoms with Crippen LogP contribution in [0.4, 0.5) is 9.18 Å². The number of rotatable bonds is 5. The topological polar surface area (TPSA) is 45.2 Å². The van der Waals surface area contributed by atoms with E-state index in [9.17, 15) is 9.18 Å². The van der Waals surface area contributed by atoms with E-state index in [1.807, 2.05) is 5.38 Å². The molecule has 0 saturated heterocycles. The molecule has 110 valence electrons. The third-order valence-electron chi connectivity index (χ3n) is 3.45. The summed E-state index contributed by atoms with van der Waals surface area (Å²) in [5.74, 6) is -0.268. The molecule has 3 rings (SSSR count). The Morgan fingerprint density at radius 2 is 2.24 bits per heavy atom. The van der Waals surface area contributed by atoms with Gasteiger partial charge in [-0.25, -0.2) is 14.2 Å². The highest BCUT2D eigenvalue weighted by Crippen LogP contribution is 2.28. The van der Waals surface area contributed by atoms with Gasteiger partial charge in [-0.05, 0) is 18.9 Å². The molecule has 0 atom stereocenters. The van der Waals surface area contributed by atoms with E-state index in [0.29, 0.717) is 18.7 Å². The van der Waals surface area contributed by atoms with Gasteiger partial charge >= 0.3 is 6.03 Å². The average molecular weight is 305 g/mol. The second kappa shape index (κ2) is 6.22. The first-order chi connectivity index (χ1) is 10.2. The minimum atomic E-state index is -0.268. The molecule has 0 radical (unpaired) electrons. The van der Waals surface area contributed by atoms with Crippen LogP contribution in [0, 0.1) is 5.82 Å². The van der Waals surface area contributed by atoms with Crippen LogP contribution in [-0.2, 0) is 13.1 Å². The molecule has 0 aliphatic heterocycles. The van der Waals surface area contributed by atoms with Crippen LogP contribution >= 0.6 is 11.3 Å². The van der Waals surface area contributed by atoms with Gasteiger partial charge in [0.25, 0.3) is 0 Å². The number of hydrogen-bond donors (Lipinski definition) is 1. The van der Waals surface area contributed by atoms with Crippen LogP contribution in [0.25, 0.3) is 0 Å². The summed E-state index contributed by atoms with van der Waals surface area (Å²) in [5.41, 5.74) is 3.13. The van der Waals surface area contributed by atoms with Crippen molar-refractivity contribution in [2.75, 3.05) is 0 Å². The van der Waals surface area contributed by atoms with E-state index in [1.54, 1.807) is 28.6 Å². The number of halogens is 1. The number of urea groups is 1. The van der Waals surface area contributed by atoms with Crippen LogP contribution in [0.2, 0.25) is 0 Å². The molecular weight excluding hydrogens is 289 g/mol. The number of amides is 2. The van der Waals surface area contributed by atoms with E-state index in [2.05, 4.69) is 10.3 Å². The van der Waals surface area contributed by atoms with Gasteiger partial charge in [0, 0.05) is 17.0 Å². The predicted octanol–water partition coefficient (Wildman–Crippen LogP) is 3.16. The molecule has 1 aromatic heterocycles. The van der Waals surface area contributed by atoms with Crippen LogP contribution in [0.5, 0.6) is 0 Å². The van der Waals surface area contributed by atoms with Crippen molar-refractivity contribution in [1.82, 2.24) is 15.2 Å². The van der Waals surface area contributed by atoms with Crippen molar-refractivity contribution >= 4 is 17.4 Å². The fraction of sp³-hybridized carbons (Fsp3) is 0.333. The first-order valence-electron chi connectivity index (χ1n) is 6.89. The highest BCUT2D eigenvalue weighted by Gasteiger charge is 2.32. The zero-order valence-corrected chi connectivity index (χ0v) is 12.3. The predicted molar refractivity (Wildman–Crippen MR) is 79.3 cm³/mol. The van der Waals surface area contributed by atoms with Crippen LogP contribution in [0.1, 0.15) is 24.1 Å². The molecule has 1 aliphatic rings. The van der Waals surface area contributed by atoms with E-state index in [4.69, 9.17) is 0 Å². The van der Waals surface area contributed by atoms with Gasteiger partial charge in [0.15, 0.2) is 0 Å². The summed E-state index contributed by atoms with van der Waals surface area (Å²) in [6, 6.07) is 6.65. The summed E-state index contributed by atoms with van der Waals surface area (Å²) < 4.78 is 13.7. The van der Waals surface area contributed by atoms with Crippen LogP contribution in [0.15, 0.2) is 35.2 Å². The van der Waals surface area contributed by atoms with E-state index in [0.717, 1.165) is 18.5 Å². The molecule has 1 fully saturated rings. The van der Waals surface area contributed by atoms with E-state index in [1.165, 1.54) is 17.4 Å². The standard InChI is InChI=1S/C15H16FN3OS/c16-14-4-2-1-3-11(14)8-19(13-5-6-13)15(20)17-7-12-9-21-10-18-12/h1-4,9-10,13H,5-8H2,(H,17,20). The molecule has 1 N–H and O–H groups in total. The van der Waals surface area contributed by atoms with Gasteiger partial charge in [-0.1, -0.05) is 18.2 Å². The van der Waals surface area contributed by atoms with Crippen molar-refractivity contribution in [3.05, 3.63) is 52.2 Å². The Morgan fingerprint density at radius 3 is 2.90 bits per heavy atom. The van der Waals surface area contributed by atoms with Crippen molar-refractivity contribution in [3.8, 4) is 0 Å². The van der Waals surface area contributed by atoms with Crippen molar-refractivity contribution in [2.45, 2.75) is 32.0 Å². The summed E-state index contributed by atoms with van der Waals surface area (Å²) in [6.45, 7) is 0.711. The molecule has 2 amide bonds. The second-order valence-electron chi connectivity index (χ2n) is 5.09. The first kappa shape index (κ1) is 14.0. The minimum absolute atomic E-state index is 0.159. The Morgan fingerprint density at radius 1 is 1.43 bits per heavy atom. The number of thiazole rings is 1. The second-order valence-corrected chi connectivity index (χ2v) is 5.81. The Balaban J connectivity index is 1.64. The zero-order valence-electron chi connectivity index (χ0n) is 11.5. The monoisotopic (exact) mass is 305 g/mol. The maximum absolute atomic E-state index is 13.7. The summed E-state index contributed by atoms with van der Waals surface area (Å²) >= 11 is 1.50. The molecule has 1 aromatic carbocycles. The lowest BCUT2D eigenvalue weighted by Crippen LogP contribution is -2.40. The Labute approximate surface area is 126 Å². The van der Waals surface area contributed by atoms with Gasteiger partial charge in [0.2, 0.25) is 0 Å². The van der Waals surface area contributed by atoms with Crippen molar-refractivity contribution in [2.24, 2.45) is 0 Å². The largest absolute Gasteiger partial charge is 0.332 e. The Bertz CT molecular complexity index is 613. The summed E-state index contributed by atoms with van der Waals surface area (Å²) in [6.07, 6.45) is 1.97. The number of carbonyl (C=O) groups excluding carboxylic acids is 1. The molecule has 21 heavy (non-hydrogen) atoms. The molecule has 0 spiro atoms. The maximum atomic E-state index is 13.7. The summed E-state index contributed by atoms with van der Waals surface area (Å²) in [7, 11) is 0. The lowest BCUT2D eigenvalue weighted by Gasteiger charge is -2.23. The molecular formula is C15H16FN3OS. The van der Waals surface area contributed by atoms with Gasteiger partial charge < -0.3 is 10.2 Å². The molecule has 1 heterocycles. The SMILES string of the molecule is O=C(NCc1cscn1)N(Cc1ccccc1F)C1CC1. The minimum Gasteiger partial charge on any atom is -0.332 e. The van der Waals surface area contributed by atoms with Gasteiger partial charge in [0.1, 0.15) is 5.82 Å². The molecule has 0 unspecified atom stereocenters. The highest BCUT2D eigenvalue weighted by atomic mass is 32.1. The number of benzene rings is 1. The van der Waals surface area contributed by atoms with Gasteiger partial charge in [0.05, 0.1) is 24.3 Å². The lowest BCUT2D eigenvalue weighted by molar-refractivity contribution is 0.190. The number of carbonyl (C=O) groups is 1. The Hall–Kier alpha value is -1.95. The van der Waals surface area contributed by atoms with E-state index < -0.39 is 0 Å². The molecule has 4 nitrogen and oxygen atoms in total. The van der Waals surface area contributed by atoms with Gasteiger partial charge in [-0.15, -0.1) is 11.3 Å². The number of nitrogens with one attached hydrogen (secondary N) is 1. The van der Waals surface area contributed by atoms with Crippen LogP contribution < -0.4 is 5.32 Å². The summed E-state index contributed by atoms with van der Waals surface area (Å²) in [5, 5.41) is 4.76. The van der Waals surface area contributed by atoms with Crippen molar-refractivity contribution in [3.63, 3.8) is 0 Å². The third kappa shape index (κ3) is 3.58. The van der Waals surface area contributed by atoms with Crippen LogP contribution in [-0.4, -0.2) is 22.0 Å². The zero-order chi connectivity index (χ0) is 14.7. The number of aromatic nitrogens is 1. The first-order valence-corrected chi connectivity index (χ1v) is 7.83. The molecule has 6 heteroatoms. The number of hydrogen-bond acceptors (Lipinski definition) is 3. The van der Waals surface area contributed by atoms with E-state index >= 15 is 0 Å². The van der Waals surface area contributed by atoms with Crippen molar-refractivity contribution < 1.29 is 9.18 Å². The molecule has 1 saturated carbocycles. The average Bonchev–Trinajstić information content (AvgIpc) is 3.19. The van der Waals surface area contributed by atoms with Crippen LogP contribution in [0.3, 0.4) is 0 Å². The molecule has 2 aromatic rings. The van der Waals surface area contributed by atoms with Gasteiger partial charge in [-0.3, -0.25) is 0 Å². The summed E-state index contributed by atoms with van der Waals surface area (Å²) in [4.78, 5) is 18.1.